The summed E-state index contributed by atoms with van der Waals surface area (Å²) in [4.78, 5) is 0. The molecule has 102 valence electrons. The van der Waals surface area contributed by atoms with Crippen LogP contribution >= 0.6 is 0 Å². The molecule has 0 fully saturated rings. The van der Waals surface area contributed by atoms with Gasteiger partial charge in [-0.2, -0.15) is 5.10 Å². The molecule has 0 unspecified atom stereocenters. The highest BCUT2D eigenvalue weighted by Crippen LogP contribution is 2.20. The quantitative estimate of drug-likeness (QED) is 0.913. The lowest BCUT2D eigenvalue weighted by atomic mass is 10.1. The molecule has 0 amide bonds. The molecule has 1 N–H and O–H groups in total. The Balaban J connectivity index is 2.09. The van der Waals surface area contributed by atoms with Crippen LogP contribution in [0.3, 0.4) is 0 Å². The van der Waals surface area contributed by atoms with E-state index in [1.54, 1.807) is 6.07 Å². The van der Waals surface area contributed by atoms with E-state index in [-0.39, 0.29) is 11.4 Å². The monoisotopic (exact) mass is 261 g/mol. The molecule has 1 aromatic carbocycles. The minimum absolute atomic E-state index is 0.0356. The van der Waals surface area contributed by atoms with Crippen LogP contribution in [0.5, 0.6) is 0 Å². The van der Waals surface area contributed by atoms with Crippen LogP contribution in [0.4, 0.5) is 10.1 Å². The molecule has 0 spiro atoms. The molecule has 0 atom stereocenters. The van der Waals surface area contributed by atoms with Gasteiger partial charge in [0.25, 0.3) is 0 Å². The standard InChI is InChI=1S/C15H20FN3/c1-11-6-5-7-13(16)14(11)17-8-12-9-18-19(10-12)15(2,3)4/h5-7,9-10,17H,8H2,1-4H3. The molecule has 2 aromatic rings. The molecular weight excluding hydrogens is 241 g/mol. The second kappa shape index (κ2) is 5.03. The number of para-hydroxylation sites is 1. The molecule has 0 aliphatic carbocycles. The van der Waals surface area contributed by atoms with Crippen molar-refractivity contribution < 1.29 is 4.39 Å². The van der Waals surface area contributed by atoms with Crippen LogP contribution in [0.15, 0.2) is 30.6 Å². The SMILES string of the molecule is Cc1cccc(F)c1NCc1cnn(C(C)(C)C)c1. The Kier molecular flexibility index (Phi) is 3.60. The maximum Gasteiger partial charge on any atom is 0.146 e. The zero-order chi connectivity index (χ0) is 14.0. The molecule has 19 heavy (non-hydrogen) atoms. The zero-order valence-corrected chi connectivity index (χ0v) is 11.9. The number of aromatic nitrogens is 2. The largest absolute Gasteiger partial charge is 0.378 e. The summed E-state index contributed by atoms with van der Waals surface area (Å²) in [5, 5.41) is 7.46. The van der Waals surface area contributed by atoms with E-state index in [4.69, 9.17) is 0 Å². The van der Waals surface area contributed by atoms with Crippen molar-refractivity contribution in [1.82, 2.24) is 9.78 Å². The van der Waals surface area contributed by atoms with Crippen molar-refractivity contribution in [1.29, 1.82) is 0 Å². The summed E-state index contributed by atoms with van der Waals surface area (Å²) in [7, 11) is 0. The Bertz CT molecular complexity index is 547. The van der Waals surface area contributed by atoms with E-state index in [2.05, 4.69) is 31.2 Å². The van der Waals surface area contributed by atoms with Crippen molar-refractivity contribution in [2.75, 3.05) is 5.32 Å². The number of aryl methyl sites for hydroxylation is 1. The summed E-state index contributed by atoms with van der Waals surface area (Å²) in [5.74, 6) is -0.219. The minimum Gasteiger partial charge on any atom is -0.378 e. The number of nitrogens with zero attached hydrogens (tertiary/aromatic N) is 2. The van der Waals surface area contributed by atoms with Crippen LogP contribution in [-0.2, 0) is 12.1 Å². The zero-order valence-electron chi connectivity index (χ0n) is 11.9. The molecular formula is C15H20FN3. The summed E-state index contributed by atoms with van der Waals surface area (Å²) in [6.07, 6.45) is 3.80. The van der Waals surface area contributed by atoms with Gasteiger partial charge >= 0.3 is 0 Å². The first-order chi connectivity index (χ1) is 8.88. The summed E-state index contributed by atoms with van der Waals surface area (Å²) in [6, 6.07) is 5.07. The lowest BCUT2D eigenvalue weighted by molar-refractivity contribution is 0.355. The molecule has 1 heterocycles. The van der Waals surface area contributed by atoms with Crippen molar-refractivity contribution in [3.05, 3.63) is 47.5 Å². The highest BCUT2D eigenvalue weighted by molar-refractivity contribution is 5.51. The van der Waals surface area contributed by atoms with Crippen LogP contribution in [0.2, 0.25) is 0 Å². The summed E-state index contributed by atoms with van der Waals surface area (Å²) in [6.45, 7) is 8.75. The molecule has 4 heteroatoms. The predicted molar refractivity (Wildman–Crippen MR) is 75.7 cm³/mol. The van der Waals surface area contributed by atoms with Gasteiger partial charge in [-0.25, -0.2) is 4.39 Å². The van der Waals surface area contributed by atoms with Crippen LogP contribution in [0.1, 0.15) is 31.9 Å². The van der Waals surface area contributed by atoms with Crippen molar-refractivity contribution >= 4 is 5.69 Å². The molecule has 0 aliphatic heterocycles. The molecule has 3 nitrogen and oxygen atoms in total. The van der Waals surface area contributed by atoms with Gasteiger partial charge < -0.3 is 5.32 Å². The third-order valence-electron chi connectivity index (χ3n) is 3.01. The van der Waals surface area contributed by atoms with Crippen molar-refractivity contribution in [3.63, 3.8) is 0 Å². The van der Waals surface area contributed by atoms with Crippen LogP contribution in [-0.4, -0.2) is 9.78 Å². The van der Waals surface area contributed by atoms with E-state index in [9.17, 15) is 4.39 Å². The summed E-state index contributed by atoms with van der Waals surface area (Å²) in [5.41, 5.74) is 2.47. The van der Waals surface area contributed by atoms with E-state index in [0.717, 1.165) is 11.1 Å². The fourth-order valence-electron chi connectivity index (χ4n) is 1.86. The van der Waals surface area contributed by atoms with Crippen molar-refractivity contribution in [3.8, 4) is 0 Å². The first-order valence-electron chi connectivity index (χ1n) is 6.41. The molecule has 0 saturated carbocycles. The van der Waals surface area contributed by atoms with Gasteiger partial charge in [-0.15, -0.1) is 0 Å². The Morgan fingerprint density at radius 1 is 1.32 bits per heavy atom. The fourth-order valence-corrected chi connectivity index (χ4v) is 1.86. The Morgan fingerprint density at radius 2 is 2.05 bits per heavy atom. The Labute approximate surface area is 113 Å². The second-order valence-electron chi connectivity index (χ2n) is 5.75. The number of halogens is 1. The van der Waals surface area contributed by atoms with Gasteiger partial charge in [0.15, 0.2) is 0 Å². The van der Waals surface area contributed by atoms with Crippen LogP contribution < -0.4 is 5.32 Å². The average molecular weight is 261 g/mol. The van der Waals surface area contributed by atoms with Gasteiger partial charge in [-0.1, -0.05) is 12.1 Å². The smallest absolute Gasteiger partial charge is 0.146 e. The van der Waals surface area contributed by atoms with Crippen LogP contribution in [0.25, 0.3) is 0 Å². The average Bonchev–Trinajstić information content (AvgIpc) is 2.77. The van der Waals surface area contributed by atoms with Gasteiger partial charge in [0.05, 0.1) is 17.4 Å². The topological polar surface area (TPSA) is 29.9 Å². The van der Waals surface area contributed by atoms with E-state index in [1.165, 1.54) is 6.07 Å². The molecule has 0 aliphatic rings. The molecule has 2 rings (SSSR count). The van der Waals surface area contributed by atoms with Gasteiger partial charge in [-0.3, -0.25) is 4.68 Å². The van der Waals surface area contributed by atoms with Crippen molar-refractivity contribution in [2.45, 2.75) is 39.8 Å². The molecule has 0 saturated heterocycles. The molecule has 0 radical (unpaired) electrons. The molecule has 1 aromatic heterocycles. The number of nitrogens with one attached hydrogen (secondary N) is 1. The number of benzene rings is 1. The lowest BCUT2D eigenvalue weighted by Gasteiger charge is -2.18. The first-order valence-corrected chi connectivity index (χ1v) is 6.41. The third-order valence-corrected chi connectivity index (χ3v) is 3.01. The van der Waals surface area contributed by atoms with Gasteiger partial charge in [0.2, 0.25) is 0 Å². The second-order valence-corrected chi connectivity index (χ2v) is 5.75. The Hall–Kier alpha value is -1.84. The third kappa shape index (κ3) is 3.13. The normalized spacial score (nSPS) is 11.6. The predicted octanol–water partition coefficient (Wildman–Crippen LogP) is 3.70. The maximum absolute atomic E-state index is 13.7. The molecule has 0 bridgehead atoms. The summed E-state index contributed by atoms with van der Waals surface area (Å²) >= 11 is 0. The number of hydrogen-bond acceptors (Lipinski definition) is 2. The number of hydrogen-bond donors (Lipinski definition) is 1. The minimum atomic E-state index is -0.219. The van der Waals surface area contributed by atoms with Crippen LogP contribution in [0, 0.1) is 12.7 Å². The number of anilines is 1. The van der Waals surface area contributed by atoms with Gasteiger partial charge in [-0.05, 0) is 39.3 Å². The lowest BCUT2D eigenvalue weighted by Crippen LogP contribution is -2.22. The highest BCUT2D eigenvalue weighted by Gasteiger charge is 2.14. The highest BCUT2D eigenvalue weighted by atomic mass is 19.1. The summed E-state index contributed by atoms with van der Waals surface area (Å²) < 4.78 is 15.6. The van der Waals surface area contributed by atoms with Crippen molar-refractivity contribution in [2.24, 2.45) is 0 Å². The maximum atomic E-state index is 13.7. The van der Waals surface area contributed by atoms with Gasteiger partial charge in [0.1, 0.15) is 5.82 Å². The van der Waals surface area contributed by atoms with E-state index in [0.29, 0.717) is 12.2 Å². The van der Waals surface area contributed by atoms with Gasteiger partial charge in [0, 0.05) is 18.3 Å². The number of rotatable bonds is 3. The van der Waals surface area contributed by atoms with E-state index in [1.807, 2.05) is 30.1 Å². The Morgan fingerprint density at radius 3 is 2.63 bits per heavy atom. The first kappa shape index (κ1) is 13.6. The van der Waals surface area contributed by atoms with E-state index >= 15 is 0 Å². The van der Waals surface area contributed by atoms with E-state index < -0.39 is 0 Å². The fraction of sp³-hybridized carbons (Fsp3) is 0.400.